The van der Waals surface area contributed by atoms with E-state index in [4.69, 9.17) is 0 Å². The van der Waals surface area contributed by atoms with Gasteiger partial charge < -0.3 is 5.32 Å². The van der Waals surface area contributed by atoms with E-state index in [-0.39, 0.29) is 18.7 Å². The summed E-state index contributed by atoms with van der Waals surface area (Å²) in [6, 6.07) is 0.467. The van der Waals surface area contributed by atoms with Gasteiger partial charge in [-0.2, -0.15) is 0 Å². The third-order valence-electron chi connectivity index (χ3n) is 6.65. The Morgan fingerprint density at radius 3 is 0.895 bits per heavy atom. The third kappa shape index (κ3) is 55.9. The van der Waals surface area contributed by atoms with Gasteiger partial charge in [-0.3, -0.25) is 4.79 Å². The lowest BCUT2D eigenvalue weighted by Crippen LogP contribution is -2.34. The van der Waals surface area contributed by atoms with Gasteiger partial charge in [0.15, 0.2) is 0 Å². The Morgan fingerprint density at radius 1 is 0.526 bits per heavy atom. The largest absolute Gasteiger partial charge is 0.353 e. The van der Waals surface area contributed by atoms with Crippen molar-refractivity contribution in [1.29, 1.82) is 0 Å². The van der Waals surface area contributed by atoms with Gasteiger partial charge >= 0.3 is 0 Å². The van der Waals surface area contributed by atoms with Crippen molar-refractivity contribution in [1.82, 2.24) is 5.32 Å². The summed E-state index contributed by atoms with van der Waals surface area (Å²) in [5.74, 6) is 0.222. The summed E-state index contributed by atoms with van der Waals surface area (Å²) in [6.07, 6.45) is 10.6. The Balaban J connectivity index is -0.000000126. The van der Waals surface area contributed by atoms with Crippen LogP contribution in [0.1, 0.15) is 197 Å². The van der Waals surface area contributed by atoms with Crippen molar-refractivity contribution in [3.8, 4) is 0 Å². The maximum atomic E-state index is 11.5. The van der Waals surface area contributed by atoms with Crippen LogP contribution in [0.2, 0.25) is 0 Å². The summed E-state index contributed by atoms with van der Waals surface area (Å²) < 4.78 is 0. The Labute approximate surface area is 245 Å². The molecule has 1 N–H and O–H groups in total. The molecule has 0 aromatic carbocycles. The van der Waals surface area contributed by atoms with Crippen LogP contribution in [0.3, 0.4) is 0 Å². The molecule has 1 fully saturated rings. The molecule has 0 radical (unpaired) electrons. The molecule has 0 heterocycles. The van der Waals surface area contributed by atoms with Crippen LogP contribution in [0.5, 0.6) is 0 Å². The topological polar surface area (TPSA) is 29.1 Å². The van der Waals surface area contributed by atoms with Gasteiger partial charge in [-0.25, -0.2) is 0 Å². The molecule has 0 aliphatic heterocycles. The summed E-state index contributed by atoms with van der Waals surface area (Å²) in [4.78, 5) is 11.5. The molecule has 0 bridgehead atoms. The van der Waals surface area contributed by atoms with E-state index in [9.17, 15) is 4.79 Å². The van der Waals surface area contributed by atoms with Crippen LogP contribution >= 0.6 is 0 Å². The number of nitrogens with one attached hydrogen (secondary N) is 1. The minimum atomic E-state index is 0. The Bertz CT molecular complexity index is 450. The van der Waals surface area contributed by atoms with E-state index >= 15 is 0 Å². The average Bonchev–Trinajstić information content (AvgIpc) is 3.19. The number of carbonyl (C=O) groups excluding carboxylic acids is 1. The van der Waals surface area contributed by atoms with Gasteiger partial charge in [0.25, 0.3) is 0 Å². The van der Waals surface area contributed by atoms with Gasteiger partial charge in [0.05, 0.1) is 0 Å². The van der Waals surface area contributed by atoms with Gasteiger partial charge in [0.2, 0.25) is 5.91 Å². The number of amides is 1. The van der Waals surface area contributed by atoms with E-state index in [0.717, 1.165) is 0 Å². The highest BCUT2D eigenvalue weighted by atomic mass is 16.1. The lowest BCUT2D eigenvalue weighted by atomic mass is 9.92. The molecule has 0 aromatic rings. The fraction of sp³-hybridized carbons (Fsp3) is 0.972. The van der Waals surface area contributed by atoms with E-state index in [0.29, 0.717) is 34.1 Å². The third-order valence-corrected chi connectivity index (χ3v) is 6.65. The molecule has 0 atom stereocenters. The highest BCUT2D eigenvalue weighted by molar-refractivity contribution is 5.76. The molecule has 0 unspecified atom stereocenters. The first-order valence-electron chi connectivity index (χ1n) is 15.5. The highest BCUT2D eigenvalue weighted by Crippen LogP contribution is 2.21. The average molecular weight is 544 g/mol. The van der Waals surface area contributed by atoms with E-state index in [1.807, 2.05) is 0 Å². The first kappa shape index (κ1) is 47.3. The summed E-state index contributed by atoms with van der Waals surface area (Å²) in [7, 11) is 0. The quantitative estimate of drug-likeness (QED) is 0.368. The molecule has 0 aromatic heterocycles. The van der Waals surface area contributed by atoms with Crippen LogP contribution in [-0.4, -0.2) is 11.9 Å². The van der Waals surface area contributed by atoms with Crippen molar-refractivity contribution >= 4 is 5.91 Å². The smallest absolute Gasteiger partial charge is 0.220 e. The lowest BCUT2D eigenvalue weighted by molar-refractivity contribution is -0.123. The molecule has 1 rings (SSSR count). The maximum absolute atomic E-state index is 11.5. The summed E-state index contributed by atoms with van der Waals surface area (Å²) in [5.41, 5.74) is 2.28. The Morgan fingerprint density at radius 2 is 0.737 bits per heavy atom. The van der Waals surface area contributed by atoms with Gasteiger partial charge in [-0.15, -0.1) is 0 Å². The monoisotopic (exact) mass is 544 g/mol. The molecule has 1 amide bonds. The number of carbonyl (C=O) groups is 1. The van der Waals surface area contributed by atoms with Gasteiger partial charge in [-0.1, -0.05) is 178 Å². The minimum absolute atomic E-state index is 0. The summed E-state index contributed by atoms with van der Waals surface area (Å²) in [5, 5.41) is 3.10. The molecular formula is C36H81NO. The second kappa shape index (κ2) is 22.2. The van der Waals surface area contributed by atoms with Crippen LogP contribution in [0.4, 0.5) is 0 Å². The fourth-order valence-electron chi connectivity index (χ4n) is 1.83. The van der Waals surface area contributed by atoms with Crippen molar-refractivity contribution in [3.63, 3.8) is 0 Å². The van der Waals surface area contributed by atoms with Gasteiger partial charge in [0, 0.05) is 12.5 Å². The Kier molecular flexibility index (Phi) is 27.6. The van der Waals surface area contributed by atoms with Crippen LogP contribution in [0.15, 0.2) is 0 Å². The second-order valence-electron chi connectivity index (χ2n) is 16.9. The normalized spacial score (nSPS) is 14.1. The molecule has 0 spiro atoms. The van der Waals surface area contributed by atoms with Gasteiger partial charge in [0.1, 0.15) is 0 Å². The lowest BCUT2D eigenvalue weighted by Gasteiger charge is -2.19. The molecule has 2 nitrogen and oxygen atoms in total. The number of hydrogen-bond donors (Lipinski definition) is 1. The van der Waals surface area contributed by atoms with Crippen LogP contribution in [0.25, 0.3) is 0 Å². The van der Waals surface area contributed by atoms with Crippen LogP contribution in [-0.2, 0) is 4.79 Å². The van der Waals surface area contributed by atoms with Crippen LogP contribution < -0.4 is 5.32 Å². The fourth-order valence-corrected chi connectivity index (χ4v) is 1.83. The molecule has 1 saturated carbocycles. The standard InChI is InChI=1S/C11H21NO.4C6H14.CH4/c1-11(2,3)8-10(13)12-9-6-4-5-7-9;4*1-5-6(2,3)4;/h9H,4-8H2,1-3H3,(H,12,13);4*5H2,1-4H3;1H4. The van der Waals surface area contributed by atoms with E-state index in [1.54, 1.807) is 0 Å². The van der Waals surface area contributed by atoms with Crippen molar-refractivity contribution in [2.24, 2.45) is 27.1 Å². The first-order chi connectivity index (χ1) is 16.2. The summed E-state index contributed by atoms with van der Waals surface area (Å²) >= 11 is 0. The zero-order chi connectivity index (χ0) is 30.7. The van der Waals surface area contributed by atoms with Crippen LogP contribution in [0, 0.1) is 27.1 Å². The molecule has 236 valence electrons. The summed E-state index contributed by atoms with van der Waals surface area (Å²) in [6.45, 7) is 42.0. The van der Waals surface area contributed by atoms with Crippen molar-refractivity contribution in [2.75, 3.05) is 0 Å². The molecule has 1 aliphatic carbocycles. The highest BCUT2D eigenvalue weighted by Gasteiger charge is 2.20. The molecule has 38 heavy (non-hydrogen) atoms. The molecule has 2 heteroatoms. The minimum Gasteiger partial charge on any atom is -0.353 e. The zero-order valence-electron chi connectivity index (χ0n) is 29.8. The molecule has 1 aliphatic rings. The van der Waals surface area contributed by atoms with Crippen molar-refractivity contribution < 1.29 is 4.79 Å². The van der Waals surface area contributed by atoms with E-state index in [1.165, 1.54) is 51.4 Å². The zero-order valence-corrected chi connectivity index (χ0v) is 29.8. The number of rotatable bonds is 2. The maximum Gasteiger partial charge on any atom is 0.220 e. The Hall–Kier alpha value is -0.530. The first-order valence-corrected chi connectivity index (χ1v) is 15.5. The van der Waals surface area contributed by atoms with Crippen molar-refractivity contribution in [3.05, 3.63) is 0 Å². The van der Waals surface area contributed by atoms with Crippen molar-refractivity contribution in [2.45, 2.75) is 203 Å². The predicted octanol–water partition coefficient (Wildman–Crippen LogP) is 12.9. The van der Waals surface area contributed by atoms with Gasteiger partial charge in [-0.05, 0) is 39.9 Å². The second-order valence-corrected chi connectivity index (χ2v) is 16.9. The predicted molar refractivity (Wildman–Crippen MR) is 180 cm³/mol. The SMILES string of the molecule is C.CC(C)(C)CC(=O)NC1CCCC1.CCC(C)(C)C.CCC(C)(C)C.CCC(C)(C)C.CCC(C)(C)C. The van der Waals surface area contributed by atoms with E-state index < -0.39 is 0 Å². The molecule has 0 saturated heterocycles. The molecular weight excluding hydrogens is 462 g/mol. The number of hydrogen-bond acceptors (Lipinski definition) is 1. The van der Waals surface area contributed by atoms with E-state index in [2.05, 4.69) is 137 Å².